The molecule has 5 rings (SSSR count). The third-order valence-corrected chi connectivity index (χ3v) is 4.74. The number of para-hydroxylation sites is 1. The van der Waals surface area contributed by atoms with Crippen molar-refractivity contribution in [3.8, 4) is 23.2 Å². The Hall–Kier alpha value is -4.00. The van der Waals surface area contributed by atoms with E-state index < -0.39 is 0 Å². The second-order valence-corrected chi connectivity index (χ2v) is 7.06. The van der Waals surface area contributed by atoms with Gasteiger partial charge in [-0.3, -0.25) is 0 Å². The zero-order chi connectivity index (χ0) is 20.5. The molecule has 0 aliphatic carbocycles. The van der Waals surface area contributed by atoms with Crippen molar-refractivity contribution in [1.82, 2.24) is 20.2 Å². The quantitative estimate of drug-likeness (QED) is 0.437. The molecular weight excluding hydrogens is 378 g/mol. The maximum Gasteiger partial charge on any atom is 0.286 e. The lowest BCUT2D eigenvalue weighted by Gasteiger charge is -2.08. The van der Waals surface area contributed by atoms with Gasteiger partial charge in [0.15, 0.2) is 0 Å². The Morgan fingerprint density at radius 2 is 1.60 bits per heavy atom. The summed E-state index contributed by atoms with van der Waals surface area (Å²) in [5.74, 6) is 3.46. The van der Waals surface area contributed by atoms with E-state index in [0.717, 1.165) is 28.0 Å². The van der Waals surface area contributed by atoms with Crippen LogP contribution >= 0.6 is 0 Å². The monoisotopic (exact) mass is 397 g/mol. The van der Waals surface area contributed by atoms with Crippen molar-refractivity contribution in [2.75, 3.05) is 5.32 Å². The van der Waals surface area contributed by atoms with Gasteiger partial charge >= 0.3 is 0 Å². The third-order valence-electron chi connectivity index (χ3n) is 4.74. The standard InChI is InChI=1S/C23H19N5O2/c1-14-7-10-16(11-8-14)22-27-28-23(30-22)21-25-19-6-4-3-5-18(19)20(26-21)24-13-17-12-9-15(2)29-17/h3-12H,13H2,1-2H3,(H,24,25,26). The first-order valence-corrected chi connectivity index (χ1v) is 9.62. The maximum absolute atomic E-state index is 5.87. The van der Waals surface area contributed by atoms with Gasteiger partial charge in [0.25, 0.3) is 5.89 Å². The summed E-state index contributed by atoms with van der Waals surface area (Å²) in [5.41, 5.74) is 2.81. The van der Waals surface area contributed by atoms with E-state index in [1.54, 1.807) is 0 Å². The van der Waals surface area contributed by atoms with Crippen LogP contribution in [0.15, 0.2) is 69.5 Å². The summed E-state index contributed by atoms with van der Waals surface area (Å²) < 4.78 is 11.5. The molecular formula is C23H19N5O2. The van der Waals surface area contributed by atoms with E-state index >= 15 is 0 Å². The predicted octanol–water partition coefficient (Wildman–Crippen LogP) is 5.17. The average molecular weight is 397 g/mol. The third kappa shape index (κ3) is 3.53. The van der Waals surface area contributed by atoms with Crippen LogP contribution in [-0.2, 0) is 6.54 Å². The van der Waals surface area contributed by atoms with E-state index in [4.69, 9.17) is 8.83 Å². The highest BCUT2D eigenvalue weighted by Crippen LogP contribution is 2.27. The first-order chi connectivity index (χ1) is 14.7. The molecule has 0 radical (unpaired) electrons. The Kier molecular flexibility index (Phi) is 4.48. The number of fused-ring (bicyclic) bond motifs is 1. The zero-order valence-electron chi connectivity index (χ0n) is 16.6. The van der Waals surface area contributed by atoms with Gasteiger partial charge in [-0.15, -0.1) is 10.2 Å². The number of hydrogen-bond acceptors (Lipinski definition) is 7. The first kappa shape index (κ1) is 18.1. The number of nitrogens with one attached hydrogen (secondary N) is 1. The molecule has 7 heteroatoms. The van der Waals surface area contributed by atoms with Crippen molar-refractivity contribution in [3.63, 3.8) is 0 Å². The minimum absolute atomic E-state index is 0.272. The Morgan fingerprint density at radius 1 is 0.800 bits per heavy atom. The fraction of sp³-hybridized carbons (Fsp3) is 0.130. The van der Waals surface area contributed by atoms with Gasteiger partial charge in [-0.25, -0.2) is 9.97 Å². The zero-order valence-corrected chi connectivity index (χ0v) is 16.6. The Balaban J connectivity index is 1.51. The highest BCUT2D eigenvalue weighted by Gasteiger charge is 2.16. The highest BCUT2D eigenvalue weighted by atomic mass is 16.4. The summed E-state index contributed by atoms with van der Waals surface area (Å²) in [4.78, 5) is 9.27. The maximum atomic E-state index is 5.87. The van der Waals surface area contributed by atoms with E-state index in [1.807, 2.05) is 74.5 Å². The van der Waals surface area contributed by atoms with Crippen molar-refractivity contribution in [2.45, 2.75) is 20.4 Å². The minimum Gasteiger partial charge on any atom is -0.465 e. The van der Waals surface area contributed by atoms with Crippen LogP contribution in [-0.4, -0.2) is 20.2 Å². The molecule has 0 fully saturated rings. The van der Waals surface area contributed by atoms with E-state index in [1.165, 1.54) is 5.56 Å². The Morgan fingerprint density at radius 3 is 2.40 bits per heavy atom. The number of hydrogen-bond donors (Lipinski definition) is 1. The Bertz CT molecular complexity index is 1320. The fourth-order valence-electron chi connectivity index (χ4n) is 3.18. The molecule has 3 aromatic heterocycles. The number of benzene rings is 2. The second-order valence-electron chi connectivity index (χ2n) is 7.06. The molecule has 0 unspecified atom stereocenters. The molecule has 2 aromatic carbocycles. The van der Waals surface area contributed by atoms with Gasteiger partial charge in [0.2, 0.25) is 11.7 Å². The van der Waals surface area contributed by atoms with Crippen LogP contribution in [0.3, 0.4) is 0 Å². The predicted molar refractivity (Wildman–Crippen MR) is 114 cm³/mol. The van der Waals surface area contributed by atoms with Crippen molar-refractivity contribution in [3.05, 3.63) is 77.7 Å². The molecule has 5 aromatic rings. The van der Waals surface area contributed by atoms with Crippen molar-refractivity contribution in [2.24, 2.45) is 0 Å². The van der Waals surface area contributed by atoms with Crippen molar-refractivity contribution >= 4 is 16.7 Å². The lowest BCUT2D eigenvalue weighted by molar-refractivity contribution is 0.490. The number of aryl methyl sites for hydroxylation is 2. The number of anilines is 1. The van der Waals surface area contributed by atoms with E-state index in [-0.39, 0.29) is 5.89 Å². The first-order valence-electron chi connectivity index (χ1n) is 9.62. The van der Waals surface area contributed by atoms with Gasteiger partial charge in [0.05, 0.1) is 12.1 Å². The van der Waals surface area contributed by atoms with Gasteiger partial charge < -0.3 is 14.2 Å². The van der Waals surface area contributed by atoms with E-state index in [9.17, 15) is 0 Å². The molecule has 0 aliphatic rings. The Labute approximate surface area is 172 Å². The normalized spacial score (nSPS) is 11.1. The smallest absolute Gasteiger partial charge is 0.286 e. The van der Waals surface area contributed by atoms with Crippen LogP contribution in [0.25, 0.3) is 34.1 Å². The number of aromatic nitrogens is 4. The van der Waals surface area contributed by atoms with Crippen LogP contribution in [0.5, 0.6) is 0 Å². The van der Waals surface area contributed by atoms with Crippen LogP contribution in [0.4, 0.5) is 5.82 Å². The molecule has 3 heterocycles. The van der Waals surface area contributed by atoms with Crippen molar-refractivity contribution in [1.29, 1.82) is 0 Å². The number of furan rings is 1. The van der Waals surface area contributed by atoms with Gasteiger partial charge in [0, 0.05) is 10.9 Å². The topological polar surface area (TPSA) is 89.9 Å². The number of nitrogens with zero attached hydrogens (tertiary/aromatic N) is 4. The van der Waals surface area contributed by atoms with Gasteiger partial charge in [-0.1, -0.05) is 29.8 Å². The SMILES string of the molecule is Cc1ccc(-c2nnc(-c3nc(NCc4ccc(C)o4)c4ccccc4n3)o2)cc1. The van der Waals surface area contributed by atoms with Gasteiger partial charge in [-0.2, -0.15) is 0 Å². The fourth-order valence-corrected chi connectivity index (χ4v) is 3.18. The summed E-state index contributed by atoms with van der Waals surface area (Å²) in [6.45, 7) is 4.46. The van der Waals surface area contributed by atoms with Crippen LogP contribution in [0.1, 0.15) is 17.1 Å². The van der Waals surface area contributed by atoms with Crippen LogP contribution in [0, 0.1) is 13.8 Å². The molecule has 7 nitrogen and oxygen atoms in total. The number of rotatable bonds is 5. The van der Waals surface area contributed by atoms with Crippen LogP contribution < -0.4 is 5.32 Å². The molecule has 0 saturated carbocycles. The molecule has 0 amide bonds. The van der Waals surface area contributed by atoms with Crippen molar-refractivity contribution < 1.29 is 8.83 Å². The summed E-state index contributed by atoms with van der Waals surface area (Å²) in [6.07, 6.45) is 0. The summed E-state index contributed by atoms with van der Waals surface area (Å²) >= 11 is 0. The molecule has 0 spiro atoms. The van der Waals surface area contributed by atoms with E-state index in [2.05, 4.69) is 25.5 Å². The minimum atomic E-state index is 0.272. The molecule has 1 N–H and O–H groups in total. The molecule has 30 heavy (non-hydrogen) atoms. The summed E-state index contributed by atoms with van der Waals surface area (Å²) in [6, 6.07) is 19.6. The van der Waals surface area contributed by atoms with E-state index in [0.29, 0.717) is 24.1 Å². The summed E-state index contributed by atoms with van der Waals surface area (Å²) in [7, 11) is 0. The molecule has 0 saturated heterocycles. The summed E-state index contributed by atoms with van der Waals surface area (Å²) in [5, 5.41) is 12.6. The highest BCUT2D eigenvalue weighted by molar-refractivity contribution is 5.90. The molecule has 0 atom stereocenters. The largest absolute Gasteiger partial charge is 0.465 e. The lowest BCUT2D eigenvalue weighted by atomic mass is 10.1. The van der Waals surface area contributed by atoms with Gasteiger partial charge in [-0.05, 0) is 50.2 Å². The van der Waals surface area contributed by atoms with Gasteiger partial charge in [0.1, 0.15) is 17.3 Å². The second kappa shape index (κ2) is 7.44. The average Bonchev–Trinajstić information content (AvgIpc) is 3.42. The molecule has 0 aliphatic heterocycles. The lowest BCUT2D eigenvalue weighted by Crippen LogP contribution is -2.03. The van der Waals surface area contributed by atoms with Crippen LogP contribution in [0.2, 0.25) is 0 Å². The molecule has 148 valence electrons. The molecule has 0 bridgehead atoms.